The summed E-state index contributed by atoms with van der Waals surface area (Å²) < 4.78 is 5.00. The molecule has 11 nitrogen and oxygen atoms in total. The van der Waals surface area contributed by atoms with Crippen LogP contribution in [0.2, 0.25) is 0 Å². The Labute approximate surface area is 177 Å². The van der Waals surface area contributed by atoms with Crippen molar-refractivity contribution in [3.63, 3.8) is 0 Å². The number of ether oxygens (including phenoxy) is 1. The molecular formula is C20H22N4O7. The van der Waals surface area contributed by atoms with Gasteiger partial charge in [-0.2, -0.15) is 0 Å². The smallest absolute Gasteiger partial charge is 0.408 e. The molecule has 2 aromatic rings. The molecule has 0 radical (unpaired) electrons. The zero-order chi connectivity index (χ0) is 22.8. The average Bonchev–Trinajstić information content (AvgIpc) is 2.76. The van der Waals surface area contributed by atoms with E-state index in [1.165, 1.54) is 24.3 Å². The van der Waals surface area contributed by atoms with Gasteiger partial charge in [0.15, 0.2) is 0 Å². The maximum Gasteiger partial charge on any atom is 0.408 e. The van der Waals surface area contributed by atoms with E-state index < -0.39 is 41.5 Å². The molecule has 0 aromatic heterocycles. The minimum Gasteiger partial charge on any atom is -0.445 e. The lowest BCUT2D eigenvalue weighted by Crippen LogP contribution is -2.54. The lowest BCUT2D eigenvalue weighted by atomic mass is 10.0. The number of primary amides is 1. The van der Waals surface area contributed by atoms with Gasteiger partial charge in [0, 0.05) is 18.6 Å². The number of non-ortho nitro benzene ring substituents is 1. The van der Waals surface area contributed by atoms with Crippen LogP contribution in [0.5, 0.6) is 0 Å². The maximum absolute atomic E-state index is 12.4. The van der Waals surface area contributed by atoms with Gasteiger partial charge in [-0.15, -0.1) is 0 Å². The molecule has 5 N–H and O–H groups in total. The molecule has 2 rings (SSSR count). The summed E-state index contributed by atoms with van der Waals surface area (Å²) in [6, 6.07) is 11.7. The normalized spacial score (nSPS) is 12.3. The van der Waals surface area contributed by atoms with E-state index in [-0.39, 0.29) is 18.7 Å². The van der Waals surface area contributed by atoms with Crippen molar-refractivity contribution in [3.05, 3.63) is 75.8 Å². The predicted molar refractivity (Wildman–Crippen MR) is 109 cm³/mol. The third-order valence-corrected chi connectivity index (χ3v) is 4.25. The van der Waals surface area contributed by atoms with Crippen molar-refractivity contribution in [2.24, 2.45) is 5.73 Å². The van der Waals surface area contributed by atoms with Crippen molar-refractivity contribution < 1.29 is 29.2 Å². The summed E-state index contributed by atoms with van der Waals surface area (Å²) in [5.74, 6) is -1.69. The number of alkyl carbamates (subject to hydrolysis) is 1. The second-order valence-electron chi connectivity index (χ2n) is 6.53. The molecule has 0 heterocycles. The highest BCUT2D eigenvalue weighted by atomic mass is 16.6. The largest absolute Gasteiger partial charge is 0.445 e. The lowest BCUT2D eigenvalue weighted by Gasteiger charge is -2.20. The number of amides is 3. The van der Waals surface area contributed by atoms with Crippen molar-refractivity contribution in [1.29, 1.82) is 0 Å². The summed E-state index contributed by atoms with van der Waals surface area (Å²) in [5.41, 5.74) is 6.46. The maximum atomic E-state index is 12.4. The number of aliphatic hydroxyl groups excluding tert-OH is 1. The Morgan fingerprint density at radius 2 is 1.65 bits per heavy atom. The molecule has 0 saturated heterocycles. The Bertz CT molecular complexity index is 919. The Balaban J connectivity index is 1.93. The minimum atomic E-state index is -1.37. The summed E-state index contributed by atoms with van der Waals surface area (Å²) in [7, 11) is 0. The third kappa shape index (κ3) is 7.40. The quantitative estimate of drug-likeness (QED) is 0.311. The molecule has 0 unspecified atom stereocenters. The highest BCUT2D eigenvalue weighted by Crippen LogP contribution is 2.13. The molecular weight excluding hydrogens is 408 g/mol. The standard InChI is InChI=1S/C20H22N4O7/c21-18(26)16(10-13-6-8-15(9-7-13)24(29)30)22-19(27)17(11-25)23-20(28)31-12-14-4-2-1-3-5-14/h1-9,16-17,25H,10-12H2,(H2,21,26)(H,22,27)(H,23,28)/t16-,17-/m0/s1. The van der Waals surface area contributed by atoms with Crippen molar-refractivity contribution in [3.8, 4) is 0 Å². The van der Waals surface area contributed by atoms with Crippen LogP contribution in [0, 0.1) is 10.1 Å². The SMILES string of the molecule is NC(=O)[C@H](Cc1ccc([N+](=O)[O-])cc1)NC(=O)[C@H](CO)NC(=O)OCc1ccccc1. The van der Waals surface area contributed by atoms with Gasteiger partial charge in [0.25, 0.3) is 5.69 Å². The van der Waals surface area contributed by atoms with Crippen LogP contribution in [0.1, 0.15) is 11.1 Å². The number of nitro groups is 1. The molecule has 0 aliphatic rings. The van der Waals surface area contributed by atoms with Gasteiger partial charge in [0.1, 0.15) is 18.7 Å². The average molecular weight is 430 g/mol. The summed E-state index contributed by atoms with van der Waals surface area (Å²) in [4.78, 5) is 46.2. The number of nitrogens with two attached hydrogens (primary N) is 1. The van der Waals surface area contributed by atoms with Crippen molar-refractivity contribution in [2.45, 2.75) is 25.1 Å². The van der Waals surface area contributed by atoms with Crippen LogP contribution < -0.4 is 16.4 Å². The van der Waals surface area contributed by atoms with Gasteiger partial charge in [0.05, 0.1) is 11.5 Å². The van der Waals surface area contributed by atoms with E-state index in [1.54, 1.807) is 24.3 Å². The van der Waals surface area contributed by atoms with Crippen LogP contribution in [0.15, 0.2) is 54.6 Å². The Morgan fingerprint density at radius 1 is 1.00 bits per heavy atom. The lowest BCUT2D eigenvalue weighted by molar-refractivity contribution is -0.384. The number of hydrogen-bond acceptors (Lipinski definition) is 7. The Hall–Kier alpha value is -3.99. The fraction of sp³-hybridized carbons (Fsp3) is 0.250. The number of nitro benzene ring substituents is 1. The van der Waals surface area contributed by atoms with E-state index in [9.17, 15) is 29.6 Å². The first kappa shape index (κ1) is 23.3. The third-order valence-electron chi connectivity index (χ3n) is 4.25. The van der Waals surface area contributed by atoms with Gasteiger partial charge >= 0.3 is 6.09 Å². The molecule has 164 valence electrons. The summed E-state index contributed by atoms with van der Waals surface area (Å²) in [6.07, 6.45) is -0.959. The summed E-state index contributed by atoms with van der Waals surface area (Å²) >= 11 is 0. The zero-order valence-corrected chi connectivity index (χ0v) is 16.4. The molecule has 0 aliphatic carbocycles. The van der Waals surface area contributed by atoms with Crippen molar-refractivity contribution in [2.75, 3.05) is 6.61 Å². The highest BCUT2D eigenvalue weighted by Gasteiger charge is 2.26. The van der Waals surface area contributed by atoms with Gasteiger partial charge in [-0.25, -0.2) is 4.79 Å². The first-order valence-corrected chi connectivity index (χ1v) is 9.21. The van der Waals surface area contributed by atoms with Crippen LogP contribution in [-0.4, -0.2) is 46.6 Å². The molecule has 31 heavy (non-hydrogen) atoms. The van der Waals surface area contributed by atoms with Crippen LogP contribution >= 0.6 is 0 Å². The summed E-state index contributed by atoms with van der Waals surface area (Å²) in [6.45, 7) is -0.772. The van der Waals surface area contributed by atoms with E-state index in [4.69, 9.17) is 10.5 Å². The summed E-state index contributed by atoms with van der Waals surface area (Å²) in [5, 5.41) is 24.7. The fourth-order valence-corrected chi connectivity index (χ4v) is 2.59. The first-order valence-electron chi connectivity index (χ1n) is 9.21. The zero-order valence-electron chi connectivity index (χ0n) is 16.4. The fourth-order valence-electron chi connectivity index (χ4n) is 2.59. The van der Waals surface area contributed by atoms with Crippen LogP contribution in [0.3, 0.4) is 0 Å². The van der Waals surface area contributed by atoms with Crippen LogP contribution in [0.4, 0.5) is 10.5 Å². The number of nitrogens with zero attached hydrogens (tertiary/aromatic N) is 1. The van der Waals surface area contributed by atoms with Gasteiger partial charge in [-0.05, 0) is 11.1 Å². The molecule has 11 heteroatoms. The molecule has 0 bridgehead atoms. The van der Waals surface area contributed by atoms with E-state index in [1.807, 2.05) is 6.07 Å². The number of nitrogens with one attached hydrogen (secondary N) is 2. The number of benzene rings is 2. The molecule has 0 fully saturated rings. The molecule has 0 spiro atoms. The second kappa shape index (κ2) is 11.3. The minimum absolute atomic E-state index is 0.0313. The molecule has 0 saturated carbocycles. The van der Waals surface area contributed by atoms with E-state index >= 15 is 0 Å². The molecule has 2 aromatic carbocycles. The van der Waals surface area contributed by atoms with E-state index in [2.05, 4.69) is 10.6 Å². The van der Waals surface area contributed by atoms with Gasteiger partial charge < -0.3 is 26.2 Å². The first-order chi connectivity index (χ1) is 14.8. The van der Waals surface area contributed by atoms with Crippen molar-refractivity contribution in [1.82, 2.24) is 10.6 Å². The topological polar surface area (TPSA) is 174 Å². The Kier molecular flexibility index (Phi) is 8.46. The van der Waals surface area contributed by atoms with Gasteiger partial charge in [0.2, 0.25) is 11.8 Å². The number of hydrogen-bond donors (Lipinski definition) is 4. The van der Waals surface area contributed by atoms with Crippen LogP contribution in [0.25, 0.3) is 0 Å². The number of rotatable bonds is 10. The highest BCUT2D eigenvalue weighted by molar-refractivity contribution is 5.91. The second-order valence-corrected chi connectivity index (χ2v) is 6.53. The molecule has 3 amide bonds. The number of carbonyl (C=O) groups is 3. The number of carbonyl (C=O) groups excluding carboxylic acids is 3. The number of aliphatic hydroxyl groups is 1. The van der Waals surface area contributed by atoms with E-state index in [0.717, 1.165) is 5.56 Å². The Morgan fingerprint density at radius 3 is 2.19 bits per heavy atom. The van der Waals surface area contributed by atoms with E-state index in [0.29, 0.717) is 5.56 Å². The van der Waals surface area contributed by atoms with Crippen LogP contribution in [-0.2, 0) is 27.4 Å². The van der Waals surface area contributed by atoms with Gasteiger partial charge in [-0.1, -0.05) is 42.5 Å². The molecule has 0 aliphatic heterocycles. The monoisotopic (exact) mass is 430 g/mol. The molecule has 2 atom stereocenters. The van der Waals surface area contributed by atoms with Crippen molar-refractivity contribution >= 4 is 23.6 Å². The predicted octanol–water partition coefficient (Wildman–Crippen LogP) is 0.395. The van der Waals surface area contributed by atoms with Gasteiger partial charge in [-0.3, -0.25) is 19.7 Å².